The maximum atomic E-state index is 14.3. The van der Waals surface area contributed by atoms with Crippen LogP contribution in [0.5, 0.6) is 11.5 Å². The third-order valence-corrected chi connectivity index (χ3v) is 5.99. The van der Waals surface area contributed by atoms with Gasteiger partial charge in [0.05, 0.1) is 44.0 Å². The second-order valence-electron chi connectivity index (χ2n) is 7.16. The highest BCUT2D eigenvalue weighted by Gasteiger charge is 2.27. The second-order valence-corrected chi connectivity index (χ2v) is 9.07. The Labute approximate surface area is 194 Å². The van der Waals surface area contributed by atoms with Crippen LogP contribution in [0.25, 0.3) is 0 Å². The van der Waals surface area contributed by atoms with Crippen molar-refractivity contribution < 1.29 is 35.9 Å². The molecule has 11 heteroatoms. The van der Waals surface area contributed by atoms with Gasteiger partial charge in [-0.15, -0.1) is 0 Å². The topological polar surface area (TPSA) is 84.9 Å². The number of rotatable bonds is 8. The van der Waals surface area contributed by atoms with Crippen molar-refractivity contribution in [2.45, 2.75) is 6.54 Å². The number of nitrogens with zero attached hydrogens (tertiary/aromatic N) is 1. The molecule has 180 valence electrons. The van der Waals surface area contributed by atoms with E-state index in [1.807, 2.05) is 0 Å². The largest absolute Gasteiger partial charge is 0.493 e. The summed E-state index contributed by atoms with van der Waals surface area (Å²) < 4.78 is 78.7. The molecule has 0 radical (unpaired) electrons. The molecule has 0 bridgehead atoms. The highest BCUT2D eigenvalue weighted by atomic mass is 32.2. The minimum absolute atomic E-state index is 0.0465. The Morgan fingerprint density at radius 3 is 2.21 bits per heavy atom. The van der Waals surface area contributed by atoms with E-state index in [1.54, 1.807) is 0 Å². The van der Waals surface area contributed by atoms with Crippen molar-refractivity contribution in [1.29, 1.82) is 0 Å². The van der Waals surface area contributed by atoms with E-state index >= 15 is 0 Å². The van der Waals surface area contributed by atoms with Gasteiger partial charge >= 0.3 is 0 Å². The monoisotopic (exact) mass is 494 g/mol. The summed E-state index contributed by atoms with van der Waals surface area (Å²) in [6.45, 7) is -0.449. The first kappa shape index (κ1) is 24.9. The minimum Gasteiger partial charge on any atom is -0.493 e. The van der Waals surface area contributed by atoms with E-state index in [0.717, 1.165) is 28.8 Å². The standard InChI is InChI=1S/C23H21F3N2O5S/c1-32-21-11-16(23(29)27-19-10-15(24)8-9-18(19)26)20(12-22(21)33-2)28(34(3,30)31)13-14-6-4-5-7-17(14)25/h4-12H,13H2,1-3H3,(H,27,29). The predicted octanol–water partition coefficient (Wildman–Crippen LogP) is 4.34. The number of halogens is 3. The Balaban J connectivity index is 2.18. The van der Waals surface area contributed by atoms with Crippen LogP contribution >= 0.6 is 0 Å². The lowest BCUT2D eigenvalue weighted by molar-refractivity contribution is 0.102. The van der Waals surface area contributed by atoms with Gasteiger partial charge in [0, 0.05) is 17.7 Å². The van der Waals surface area contributed by atoms with Gasteiger partial charge < -0.3 is 14.8 Å². The first-order valence-electron chi connectivity index (χ1n) is 9.78. The third-order valence-electron chi connectivity index (χ3n) is 4.86. The molecule has 1 N–H and O–H groups in total. The average Bonchev–Trinajstić information content (AvgIpc) is 2.79. The zero-order valence-electron chi connectivity index (χ0n) is 18.4. The molecule has 3 aromatic rings. The van der Waals surface area contributed by atoms with Crippen LogP contribution < -0.4 is 19.1 Å². The lowest BCUT2D eigenvalue weighted by Crippen LogP contribution is -2.32. The number of hydrogen-bond acceptors (Lipinski definition) is 5. The Kier molecular flexibility index (Phi) is 7.35. The average molecular weight is 494 g/mol. The van der Waals surface area contributed by atoms with Crippen LogP contribution in [0, 0.1) is 17.5 Å². The molecule has 0 spiro atoms. The maximum absolute atomic E-state index is 14.3. The van der Waals surface area contributed by atoms with Gasteiger partial charge in [0.1, 0.15) is 17.5 Å². The Morgan fingerprint density at radius 2 is 1.59 bits per heavy atom. The van der Waals surface area contributed by atoms with Crippen LogP contribution in [0.1, 0.15) is 15.9 Å². The summed E-state index contributed by atoms with van der Waals surface area (Å²) in [5.74, 6) is -3.12. The summed E-state index contributed by atoms with van der Waals surface area (Å²) in [5, 5.41) is 2.23. The molecule has 34 heavy (non-hydrogen) atoms. The van der Waals surface area contributed by atoms with Gasteiger partial charge in [-0.25, -0.2) is 21.6 Å². The summed E-state index contributed by atoms with van der Waals surface area (Å²) in [6.07, 6.45) is 0.887. The normalized spacial score (nSPS) is 11.1. The van der Waals surface area contributed by atoms with E-state index in [2.05, 4.69) is 5.32 Å². The van der Waals surface area contributed by atoms with Gasteiger partial charge in [0.25, 0.3) is 5.91 Å². The first-order valence-corrected chi connectivity index (χ1v) is 11.6. The quantitative estimate of drug-likeness (QED) is 0.504. The molecule has 3 aromatic carbocycles. The number of nitrogens with one attached hydrogen (secondary N) is 1. The molecule has 0 aliphatic heterocycles. The van der Waals surface area contributed by atoms with Crippen molar-refractivity contribution in [1.82, 2.24) is 0 Å². The minimum atomic E-state index is -4.07. The lowest BCUT2D eigenvalue weighted by atomic mass is 10.1. The van der Waals surface area contributed by atoms with Crippen molar-refractivity contribution in [3.8, 4) is 11.5 Å². The number of benzene rings is 3. The van der Waals surface area contributed by atoms with Crippen LogP contribution in [-0.4, -0.2) is 34.8 Å². The summed E-state index contributed by atoms with van der Waals surface area (Å²) >= 11 is 0. The molecule has 0 saturated carbocycles. The molecule has 0 unspecified atom stereocenters. The number of anilines is 2. The predicted molar refractivity (Wildman–Crippen MR) is 121 cm³/mol. The SMILES string of the molecule is COc1cc(C(=O)Nc2cc(F)ccc2F)c(N(Cc2ccccc2F)S(C)(=O)=O)cc1OC. The molecule has 0 heterocycles. The Hall–Kier alpha value is -3.73. The highest BCUT2D eigenvalue weighted by Crippen LogP contribution is 2.37. The van der Waals surface area contributed by atoms with Gasteiger partial charge in [-0.1, -0.05) is 18.2 Å². The summed E-state index contributed by atoms with van der Waals surface area (Å²) in [7, 11) is -1.45. The highest BCUT2D eigenvalue weighted by molar-refractivity contribution is 7.92. The lowest BCUT2D eigenvalue weighted by Gasteiger charge is -2.26. The van der Waals surface area contributed by atoms with Crippen LogP contribution in [0.4, 0.5) is 24.5 Å². The zero-order valence-corrected chi connectivity index (χ0v) is 19.3. The smallest absolute Gasteiger partial charge is 0.258 e. The van der Waals surface area contributed by atoms with Crippen molar-refractivity contribution in [3.05, 3.63) is 83.2 Å². The van der Waals surface area contributed by atoms with E-state index in [-0.39, 0.29) is 28.3 Å². The summed E-state index contributed by atoms with van der Waals surface area (Å²) in [5.41, 5.74) is -0.850. The fourth-order valence-corrected chi connectivity index (χ4v) is 4.08. The van der Waals surface area contributed by atoms with Crippen LogP contribution in [0.3, 0.4) is 0 Å². The van der Waals surface area contributed by atoms with Gasteiger partial charge in [-0.3, -0.25) is 9.10 Å². The van der Waals surface area contributed by atoms with E-state index < -0.39 is 45.6 Å². The number of methoxy groups -OCH3 is 2. The van der Waals surface area contributed by atoms with E-state index in [9.17, 15) is 26.4 Å². The van der Waals surface area contributed by atoms with Gasteiger partial charge in [-0.05, 0) is 24.3 Å². The second kappa shape index (κ2) is 10.0. The number of sulfonamides is 1. The number of carbonyl (C=O) groups excluding carboxylic acids is 1. The van der Waals surface area contributed by atoms with Crippen molar-refractivity contribution in [2.24, 2.45) is 0 Å². The fourth-order valence-electron chi connectivity index (χ4n) is 3.20. The fraction of sp³-hybridized carbons (Fsp3) is 0.174. The third kappa shape index (κ3) is 5.42. The molecule has 0 atom stereocenters. The van der Waals surface area contributed by atoms with Crippen LogP contribution in [0.15, 0.2) is 54.6 Å². The van der Waals surface area contributed by atoms with E-state index in [0.29, 0.717) is 0 Å². The first-order chi connectivity index (χ1) is 16.0. The molecule has 0 aromatic heterocycles. The summed E-state index contributed by atoms with van der Waals surface area (Å²) in [4.78, 5) is 13.1. The van der Waals surface area contributed by atoms with Gasteiger partial charge in [0.2, 0.25) is 10.0 Å². The molecule has 0 fully saturated rings. The number of ether oxygens (including phenoxy) is 2. The van der Waals surface area contributed by atoms with Crippen molar-refractivity contribution in [3.63, 3.8) is 0 Å². The molecule has 0 aliphatic rings. The van der Waals surface area contributed by atoms with E-state index in [1.165, 1.54) is 50.6 Å². The Bertz CT molecular complexity index is 1330. The van der Waals surface area contributed by atoms with Crippen molar-refractivity contribution in [2.75, 3.05) is 30.1 Å². The molecule has 3 rings (SSSR count). The van der Waals surface area contributed by atoms with Crippen LogP contribution in [0.2, 0.25) is 0 Å². The maximum Gasteiger partial charge on any atom is 0.258 e. The van der Waals surface area contributed by atoms with Crippen molar-refractivity contribution >= 4 is 27.3 Å². The van der Waals surface area contributed by atoms with Gasteiger partial charge in [0.15, 0.2) is 11.5 Å². The molecule has 0 aliphatic carbocycles. The molecule has 1 amide bonds. The number of amides is 1. The zero-order chi connectivity index (χ0) is 25.0. The molecule has 7 nitrogen and oxygen atoms in total. The Morgan fingerprint density at radius 1 is 0.941 bits per heavy atom. The van der Waals surface area contributed by atoms with Gasteiger partial charge in [-0.2, -0.15) is 0 Å². The number of carbonyl (C=O) groups is 1. The van der Waals surface area contributed by atoms with E-state index in [4.69, 9.17) is 9.47 Å². The number of hydrogen-bond donors (Lipinski definition) is 1. The molecular formula is C23H21F3N2O5S. The van der Waals surface area contributed by atoms with Crippen LogP contribution in [-0.2, 0) is 16.6 Å². The molecule has 0 saturated heterocycles. The molecular weight excluding hydrogens is 473 g/mol. The summed E-state index contributed by atoms with van der Waals surface area (Å²) in [6, 6.07) is 10.5.